The second-order valence-electron chi connectivity index (χ2n) is 5.04. The van der Waals surface area contributed by atoms with Crippen LogP contribution in [0.3, 0.4) is 0 Å². The number of halogens is 1. The predicted octanol–water partition coefficient (Wildman–Crippen LogP) is 0.157. The molecule has 2 rings (SSSR count). The third-order valence-electron chi connectivity index (χ3n) is 3.75. The Balaban J connectivity index is 2.32. The summed E-state index contributed by atoms with van der Waals surface area (Å²) in [6.07, 6.45) is -0.480. The van der Waals surface area contributed by atoms with Crippen LogP contribution in [0.4, 0.5) is 4.39 Å². The van der Waals surface area contributed by atoms with Gasteiger partial charge in [0.2, 0.25) is 0 Å². The quantitative estimate of drug-likeness (QED) is 0.524. The SMILES string of the molecule is CCC1(C)C(=O)O[B-]2(OC1=O)OC(=O)C(F)(CC)C(=O)O2. The van der Waals surface area contributed by atoms with E-state index in [2.05, 4.69) is 9.31 Å². The topological polar surface area (TPSA) is 105 Å². The Kier molecular flexibility index (Phi) is 3.22. The summed E-state index contributed by atoms with van der Waals surface area (Å²) in [4.78, 5) is 47.0. The molecule has 0 N–H and O–H groups in total. The number of carbonyl (C=O) groups is 4. The van der Waals surface area contributed by atoms with E-state index in [1.165, 1.54) is 20.8 Å². The first-order valence-corrected chi connectivity index (χ1v) is 6.39. The van der Waals surface area contributed by atoms with Gasteiger partial charge in [0.05, 0.1) is 0 Å². The molecule has 0 aromatic rings. The van der Waals surface area contributed by atoms with Gasteiger partial charge in [0.25, 0.3) is 17.6 Å². The van der Waals surface area contributed by atoms with Crippen LogP contribution in [0.25, 0.3) is 0 Å². The standard InChI is InChI=1S/C11H13BFO8/c1-4-10(3)6(14)18-12(19-7(10)15)20-8(16)11(13,5-2)9(17)21-12/h4-5H2,1-3H3/q-1. The highest BCUT2D eigenvalue weighted by molar-refractivity contribution is 6.64. The summed E-state index contributed by atoms with van der Waals surface area (Å²) < 4.78 is 32.4. The van der Waals surface area contributed by atoms with Gasteiger partial charge in [-0.1, -0.05) is 13.8 Å². The molecule has 116 valence electrons. The molecule has 0 aromatic carbocycles. The van der Waals surface area contributed by atoms with Crippen molar-refractivity contribution in [1.29, 1.82) is 0 Å². The zero-order chi connectivity index (χ0) is 16.1. The molecule has 2 saturated heterocycles. The maximum Gasteiger partial charge on any atom is 0.784 e. The van der Waals surface area contributed by atoms with Gasteiger partial charge in [0, 0.05) is 6.42 Å². The number of alkyl halides is 1. The highest BCUT2D eigenvalue weighted by atomic mass is 19.1. The van der Waals surface area contributed by atoms with Crippen molar-refractivity contribution in [2.24, 2.45) is 5.41 Å². The van der Waals surface area contributed by atoms with Crippen molar-refractivity contribution in [1.82, 2.24) is 0 Å². The van der Waals surface area contributed by atoms with E-state index in [0.717, 1.165) is 0 Å². The molecule has 8 nitrogen and oxygen atoms in total. The van der Waals surface area contributed by atoms with Crippen molar-refractivity contribution < 1.29 is 42.2 Å². The molecule has 0 aliphatic carbocycles. The minimum absolute atomic E-state index is 0.0563. The van der Waals surface area contributed by atoms with E-state index in [1.807, 2.05) is 0 Å². The smallest absolute Gasteiger partial charge is 0.584 e. The maximum absolute atomic E-state index is 14.0. The summed E-state index contributed by atoms with van der Waals surface area (Å²) in [5.41, 5.74) is -4.63. The number of carbonyl (C=O) groups excluding carboxylic acids is 4. The normalized spacial score (nSPS) is 39.4. The van der Waals surface area contributed by atoms with Gasteiger partial charge in [-0.2, -0.15) is 0 Å². The lowest BCUT2D eigenvalue weighted by Crippen LogP contribution is -2.69. The molecule has 2 aliphatic rings. The number of hydrogen-bond donors (Lipinski definition) is 0. The van der Waals surface area contributed by atoms with Gasteiger partial charge in [0.15, 0.2) is 5.41 Å². The fraction of sp³-hybridized carbons (Fsp3) is 0.636. The molecule has 2 fully saturated rings. The minimum atomic E-state index is -3.74. The predicted molar refractivity (Wildman–Crippen MR) is 62.7 cm³/mol. The van der Waals surface area contributed by atoms with Gasteiger partial charge < -0.3 is 18.6 Å². The molecule has 0 unspecified atom stereocenters. The average Bonchev–Trinajstić information content (AvgIpc) is 2.42. The van der Waals surface area contributed by atoms with Gasteiger partial charge in [-0.15, -0.1) is 0 Å². The molecule has 0 atom stereocenters. The first-order chi connectivity index (χ1) is 9.63. The van der Waals surface area contributed by atoms with E-state index in [4.69, 9.17) is 9.31 Å². The molecule has 21 heavy (non-hydrogen) atoms. The summed E-state index contributed by atoms with van der Waals surface area (Å²) in [7, 11) is 0. The van der Waals surface area contributed by atoms with Crippen molar-refractivity contribution in [3.8, 4) is 0 Å². The van der Waals surface area contributed by atoms with Crippen LogP contribution in [-0.2, 0) is 37.8 Å². The Morgan fingerprint density at radius 1 is 0.857 bits per heavy atom. The van der Waals surface area contributed by atoms with Crippen molar-refractivity contribution in [2.45, 2.75) is 39.3 Å². The average molecular weight is 303 g/mol. The van der Waals surface area contributed by atoms with Crippen molar-refractivity contribution in [3.05, 3.63) is 0 Å². The van der Waals surface area contributed by atoms with Gasteiger partial charge in [-0.25, -0.2) is 4.39 Å². The van der Waals surface area contributed by atoms with Crippen LogP contribution < -0.4 is 0 Å². The van der Waals surface area contributed by atoms with Crippen LogP contribution in [0.5, 0.6) is 0 Å². The Morgan fingerprint density at radius 2 is 1.24 bits per heavy atom. The molecule has 2 aliphatic heterocycles. The number of hydrogen-bond acceptors (Lipinski definition) is 8. The van der Waals surface area contributed by atoms with E-state index in [9.17, 15) is 23.6 Å². The van der Waals surface area contributed by atoms with Crippen molar-refractivity contribution in [3.63, 3.8) is 0 Å². The second-order valence-corrected chi connectivity index (χ2v) is 5.04. The van der Waals surface area contributed by atoms with E-state index < -0.39 is 48.3 Å². The molecule has 0 amide bonds. The highest BCUT2D eigenvalue weighted by Crippen LogP contribution is 2.38. The monoisotopic (exact) mass is 303 g/mol. The molecule has 2 heterocycles. The van der Waals surface area contributed by atoms with Crippen LogP contribution in [0, 0.1) is 5.41 Å². The molecule has 0 aromatic heterocycles. The Morgan fingerprint density at radius 3 is 1.57 bits per heavy atom. The zero-order valence-corrected chi connectivity index (χ0v) is 11.6. The first-order valence-electron chi connectivity index (χ1n) is 6.39. The molecule has 0 bridgehead atoms. The van der Waals surface area contributed by atoms with Gasteiger partial charge in [0.1, 0.15) is 0 Å². The largest absolute Gasteiger partial charge is 0.784 e. The van der Waals surface area contributed by atoms with Crippen LogP contribution in [-0.4, -0.2) is 36.5 Å². The van der Waals surface area contributed by atoms with Gasteiger partial charge >= 0.3 is 18.9 Å². The summed E-state index contributed by atoms with van der Waals surface area (Å²) >= 11 is 0. The van der Waals surface area contributed by atoms with Crippen LogP contribution in [0.15, 0.2) is 0 Å². The maximum atomic E-state index is 14.0. The number of rotatable bonds is 2. The Labute approximate surface area is 118 Å². The molecule has 1 spiro atoms. The van der Waals surface area contributed by atoms with Crippen molar-refractivity contribution >= 4 is 30.8 Å². The van der Waals surface area contributed by atoms with Gasteiger partial charge in [-0.3, -0.25) is 19.2 Å². The molecule has 0 radical (unpaired) electrons. The van der Waals surface area contributed by atoms with E-state index in [0.29, 0.717) is 0 Å². The summed E-state index contributed by atoms with van der Waals surface area (Å²) in [6, 6.07) is 0. The Bertz CT molecular complexity index is 457. The summed E-state index contributed by atoms with van der Waals surface area (Å²) in [5, 5.41) is 0. The van der Waals surface area contributed by atoms with Crippen molar-refractivity contribution in [2.75, 3.05) is 0 Å². The summed E-state index contributed by atoms with van der Waals surface area (Å²) in [5.74, 6) is -5.40. The highest BCUT2D eigenvalue weighted by Gasteiger charge is 2.66. The zero-order valence-electron chi connectivity index (χ0n) is 11.6. The van der Waals surface area contributed by atoms with E-state index >= 15 is 0 Å². The van der Waals surface area contributed by atoms with Gasteiger partial charge in [-0.05, 0) is 13.3 Å². The van der Waals surface area contributed by atoms with Crippen LogP contribution in [0.1, 0.15) is 33.6 Å². The molecular formula is C11H13BFO8-. The van der Waals surface area contributed by atoms with E-state index in [-0.39, 0.29) is 6.42 Å². The molecule has 10 heteroatoms. The molecule has 0 saturated carbocycles. The third kappa shape index (κ3) is 1.97. The van der Waals surface area contributed by atoms with Crippen LogP contribution >= 0.6 is 0 Å². The third-order valence-corrected chi connectivity index (χ3v) is 3.75. The minimum Gasteiger partial charge on any atom is -0.584 e. The lowest BCUT2D eigenvalue weighted by molar-refractivity contribution is -0.199. The second kappa shape index (κ2) is 4.44. The lowest BCUT2D eigenvalue weighted by atomic mass is 9.83. The van der Waals surface area contributed by atoms with E-state index in [1.54, 1.807) is 0 Å². The fourth-order valence-corrected chi connectivity index (χ4v) is 1.86. The van der Waals surface area contributed by atoms with Crippen LogP contribution in [0.2, 0.25) is 0 Å². The summed E-state index contributed by atoms with van der Waals surface area (Å²) in [6.45, 7) is 0.280. The lowest BCUT2D eigenvalue weighted by Gasteiger charge is -2.49. The fourth-order valence-electron chi connectivity index (χ4n) is 1.86. The first kappa shape index (κ1) is 15.3. The Hall–Kier alpha value is -2.13. The molecular weight excluding hydrogens is 290 g/mol.